The number of hydrogen-bond acceptors (Lipinski definition) is 3. The minimum absolute atomic E-state index is 0.0284. The van der Waals surface area contributed by atoms with Gasteiger partial charge < -0.3 is 15.5 Å². The minimum Gasteiger partial charge on any atom is -0.508 e. The molecule has 108 valence electrons. The Hall–Kier alpha value is -2.04. The summed E-state index contributed by atoms with van der Waals surface area (Å²) in [5.41, 5.74) is 0.740. The monoisotopic (exact) mass is 277 g/mol. The fraction of sp³-hybridized carbons (Fsp3) is 0.467. The van der Waals surface area contributed by atoms with Crippen LogP contribution >= 0.6 is 0 Å². The smallest absolute Gasteiger partial charge is 0.306 e. The number of aromatic hydroxyl groups is 1. The van der Waals surface area contributed by atoms with Crippen LogP contribution in [0.25, 0.3) is 0 Å². The van der Waals surface area contributed by atoms with Crippen LogP contribution in [-0.4, -0.2) is 28.6 Å². The van der Waals surface area contributed by atoms with Crippen molar-refractivity contribution in [3.05, 3.63) is 29.8 Å². The molecule has 0 heterocycles. The van der Waals surface area contributed by atoms with Crippen LogP contribution in [0.15, 0.2) is 24.3 Å². The predicted molar refractivity (Wildman–Crippen MR) is 73.3 cm³/mol. The molecule has 0 saturated heterocycles. The molecule has 1 aliphatic carbocycles. The molecule has 1 aromatic carbocycles. The van der Waals surface area contributed by atoms with Crippen molar-refractivity contribution in [3.8, 4) is 5.75 Å². The van der Waals surface area contributed by atoms with Crippen LogP contribution in [0.1, 0.15) is 24.8 Å². The quantitative estimate of drug-likeness (QED) is 0.762. The van der Waals surface area contributed by atoms with E-state index in [1.165, 1.54) is 0 Å². The molecule has 0 radical (unpaired) electrons. The largest absolute Gasteiger partial charge is 0.508 e. The van der Waals surface area contributed by atoms with Gasteiger partial charge in [-0.15, -0.1) is 0 Å². The highest BCUT2D eigenvalue weighted by atomic mass is 16.4. The molecule has 0 aromatic heterocycles. The molecule has 2 unspecified atom stereocenters. The Balaban J connectivity index is 1.82. The second kappa shape index (κ2) is 6.41. The highest BCUT2D eigenvalue weighted by Gasteiger charge is 2.32. The Morgan fingerprint density at radius 1 is 1.30 bits per heavy atom. The molecule has 0 spiro atoms. The van der Waals surface area contributed by atoms with Crippen molar-refractivity contribution < 1.29 is 19.8 Å². The van der Waals surface area contributed by atoms with Gasteiger partial charge in [0.1, 0.15) is 5.75 Å². The highest BCUT2D eigenvalue weighted by molar-refractivity contribution is 5.78. The van der Waals surface area contributed by atoms with Crippen LogP contribution in [-0.2, 0) is 16.0 Å². The van der Waals surface area contributed by atoms with Gasteiger partial charge in [-0.25, -0.2) is 0 Å². The number of carbonyl (C=O) groups is 2. The lowest BCUT2D eigenvalue weighted by atomic mass is 9.96. The first-order valence-electron chi connectivity index (χ1n) is 6.83. The number of carboxylic acids is 1. The number of hydrogen-bond donors (Lipinski definition) is 3. The van der Waals surface area contributed by atoms with Gasteiger partial charge in [0, 0.05) is 6.54 Å². The van der Waals surface area contributed by atoms with Crippen LogP contribution in [0.5, 0.6) is 5.75 Å². The SMILES string of the molecule is O=C(Cc1cccc(O)c1)NCC1CCCC1C(=O)O. The van der Waals surface area contributed by atoms with Gasteiger partial charge in [0.25, 0.3) is 0 Å². The number of carbonyl (C=O) groups excluding carboxylic acids is 1. The molecule has 3 N–H and O–H groups in total. The Bertz CT molecular complexity index is 500. The summed E-state index contributed by atoms with van der Waals surface area (Å²) in [4.78, 5) is 22.9. The van der Waals surface area contributed by atoms with Crippen molar-refractivity contribution in [2.45, 2.75) is 25.7 Å². The number of amides is 1. The van der Waals surface area contributed by atoms with Crippen molar-refractivity contribution in [3.63, 3.8) is 0 Å². The molecule has 1 aromatic rings. The van der Waals surface area contributed by atoms with E-state index in [9.17, 15) is 14.7 Å². The summed E-state index contributed by atoms with van der Waals surface area (Å²) < 4.78 is 0. The normalized spacial score (nSPS) is 21.6. The first kappa shape index (κ1) is 14.4. The van der Waals surface area contributed by atoms with E-state index < -0.39 is 5.97 Å². The molecule has 20 heavy (non-hydrogen) atoms. The zero-order chi connectivity index (χ0) is 14.5. The maximum atomic E-state index is 11.8. The molecular formula is C15H19NO4. The van der Waals surface area contributed by atoms with E-state index in [1.54, 1.807) is 24.3 Å². The van der Waals surface area contributed by atoms with Gasteiger partial charge in [0.2, 0.25) is 5.91 Å². The maximum absolute atomic E-state index is 11.8. The summed E-state index contributed by atoms with van der Waals surface area (Å²) in [5, 5.41) is 21.2. The molecular weight excluding hydrogens is 258 g/mol. The molecule has 5 heteroatoms. The Kier molecular flexibility index (Phi) is 4.61. The average Bonchev–Trinajstić information content (AvgIpc) is 2.85. The molecule has 5 nitrogen and oxygen atoms in total. The van der Waals surface area contributed by atoms with Gasteiger partial charge in [0.05, 0.1) is 12.3 Å². The summed E-state index contributed by atoms with van der Waals surface area (Å²) in [6.07, 6.45) is 2.65. The average molecular weight is 277 g/mol. The van der Waals surface area contributed by atoms with Gasteiger partial charge in [-0.2, -0.15) is 0 Å². The van der Waals surface area contributed by atoms with Crippen LogP contribution in [0, 0.1) is 11.8 Å². The third-order valence-electron chi connectivity index (χ3n) is 3.81. The fourth-order valence-electron chi connectivity index (χ4n) is 2.77. The summed E-state index contributed by atoms with van der Waals surface area (Å²) in [6.45, 7) is 0.411. The predicted octanol–water partition coefficient (Wildman–Crippen LogP) is 1.55. The van der Waals surface area contributed by atoms with Gasteiger partial charge in [-0.1, -0.05) is 18.6 Å². The number of rotatable bonds is 5. The number of nitrogens with one attached hydrogen (secondary N) is 1. The molecule has 1 amide bonds. The summed E-state index contributed by atoms with van der Waals surface area (Å²) in [5.74, 6) is -1.09. The van der Waals surface area contributed by atoms with E-state index in [4.69, 9.17) is 5.11 Å². The van der Waals surface area contributed by atoms with E-state index >= 15 is 0 Å². The van der Waals surface area contributed by atoms with E-state index in [1.807, 2.05) is 0 Å². The Morgan fingerprint density at radius 2 is 2.10 bits per heavy atom. The van der Waals surface area contributed by atoms with Crippen molar-refractivity contribution in [1.82, 2.24) is 5.32 Å². The molecule has 1 aliphatic rings. The standard InChI is InChI=1S/C15H19NO4/c17-12-5-1-3-10(7-12)8-14(18)16-9-11-4-2-6-13(11)15(19)20/h1,3,5,7,11,13,17H,2,4,6,8-9H2,(H,16,18)(H,19,20). The number of phenols is 1. The maximum Gasteiger partial charge on any atom is 0.306 e. The van der Waals surface area contributed by atoms with Crippen molar-refractivity contribution in [1.29, 1.82) is 0 Å². The lowest BCUT2D eigenvalue weighted by Crippen LogP contribution is -2.33. The van der Waals surface area contributed by atoms with Gasteiger partial charge in [0.15, 0.2) is 0 Å². The van der Waals surface area contributed by atoms with Crippen LogP contribution in [0.2, 0.25) is 0 Å². The van der Waals surface area contributed by atoms with Crippen molar-refractivity contribution in [2.75, 3.05) is 6.54 Å². The number of carboxylic acid groups (broad SMARTS) is 1. The highest BCUT2D eigenvalue weighted by Crippen LogP contribution is 2.31. The van der Waals surface area contributed by atoms with Gasteiger partial charge in [-0.3, -0.25) is 9.59 Å². The zero-order valence-corrected chi connectivity index (χ0v) is 11.2. The van der Waals surface area contributed by atoms with Gasteiger partial charge in [-0.05, 0) is 36.5 Å². The number of phenolic OH excluding ortho intramolecular Hbond substituents is 1. The third kappa shape index (κ3) is 3.73. The van der Waals surface area contributed by atoms with Crippen LogP contribution in [0.3, 0.4) is 0 Å². The summed E-state index contributed by atoms with van der Waals surface area (Å²) in [7, 11) is 0. The Labute approximate surface area is 117 Å². The second-order valence-corrected chi connectivity index (χ2v) is 5.29. The van der Waals surface area contributed by atoms with E-state index in [2.05, 4.69) is 5.32 Å². The Morgan fingerprint density at radius 3 is 2.80 bits per heavy atom. The first-order valence-corrected chi connectivity index (χ1v) is 6.83. The topological polar surface area (TPSA) is 86.6 Å². The van der Waals surface area contributed by atoms with E-state index in [-0.39, 0.29) is 29.9 Å². The second-order valence-electron chi connectivity index (χ2n) is 5.29. The van der Waals surface area contributed by atoms with E-state index in [0.717, 1.165) is 18.4 Å². The third-order valence-corrected chi connectivity index (χ3v) is 3.81. The van der Waals surface area contributed by atoms with E-state index in [0.29, 0.717) is 13.0 Å². The molecule has 1 fully saturated rings. The molecule has 2 rings (SSSR count). The molecule has 0 bridgehead atoms. The lowest BCUT2D eigenvalue weighted by molar-refractivity contribution is -0.143. The first-order chi connectivity index (χ1) is 9.56. The van der Waals surface area contributed by atoms with Crippen LogP contribution < -0.4 is 5.32 Å². The number of benzene rings is 1. The van der Waals surface area contributed by atoms with Gasteiger partial charge >= 0.3 is 5.97 Å². The van der Waals surface area contributed by atoms with Crippen molar-refractivity contribution in [2.24, 2.45) is 11.8 Å². The molecule has 2 atom stereocenters. The number of aliphatic carboxylic acids is 1. The van der Waals surface area contributed by atoms with Crippen LogP contribution in [0.4, 0.5) is 0 Å². The fourth-order valence-corrected chi connectivity index (χ4v) is 2.77. The molecule has 1 saturated carbocycles. The molecule has 0 aliphatic heterocycles. The minimum atomic E-state index is -0.769. The zero-order valence-electron chi connectivity index (χ0n) is 11.2. The van der Waals surface area contributed by atoms with Crippen molar-refractivity contribution >= 4 is 11.9 Å². The summed E-state index contributed by atoms with van der Waals surface area (Å²) >= 11 is 0. The summed E-state index contributed by atoms with van der Waals surface area (Å²) in [6, 6.07) is 6.57. The lowest BCUT2D eigenvalue weighted by Gasteiger charge is -2.16.